The lowest BCUT2D eigenvalue weighted by molar-refractivity contribution is -0.123. The molecule has 2 fully saturated rings. The molecule has 1 amide bonds. The summed E-state index contributed by atoms with van der Waals surface area (Å²) in [4.78, 5) is 15.2. The van der Waals surface area contributed by atoms with Crippen molar-refractivity contribution in [2.24, 2.45) is 11.3 Å². The summed E-state index contributed by atoms with van der Waals surface area (Å²) < 4.78 is 0. The van der Waals surface area contributed by atoms with Gasteiger partial charge in [-0.15, -0.1) is 24.8 Å². The third-order valence-corrected chi connectivity index (χ3v) is 6.79. The van der Waals surface area contributed by atoms with E-state index >= 15 is 0 Å². The first-order valence-electron chi connectivity index (χ1n) is 9.81. The molecule has 1 aromatic rings. The van der Waals surface area contributed by atoms with Crippen LogP contribution in [0.2, 0.25) is 0 Å². The summed E-state index contributed by atoms with van der Waals surface area (Å²) in [5.41, 5.74) is 3.22. The minimum absolute atomic E-state index is 0. The highest BCUT2D eigenvalue weighted by Gasteiger charge is 2.57. The van der Waals surface area contributed by atoms with E-state index < -0.39 is 0 Å². The van der Waals surface area contributed by atoms with Crippen LogP contribution < -0.4 is 10.6 Å². The van der Waals surface area contributed by atoms with Crippen molar-refractivity contribution >= 4 is 30.7 Å². The third-order valence-electron chi connectivity index (χ3n) is 6.79. The molecule has 2 aliphatic heterocycles. The Morgan fingerprint density at radius 1 is 1.22 bits per heavy atom. The van der Waals surface area contributed by atoms with Crippen LogP contribution in [0.15, 0.2) is 24.3 Å². The van der Waals surface area contributed by atoms with Crippen molar-refractivity contribution in [3.63, 3.8) is 0 Å². The number of benzene rings is 1. The summed E-state index contributed by atoms with van der Waals surface area (Å²) >= 11 is 0. The SMILES string of the molecule is CC(C)(CNC(=O)C1CC12CCNCC2)N1CCc2ccccc2C1.Cl.Cl. The molecule has 1 aromatic carbocycles. The number of rotatable bonds is 4. The van der Waals surface area contributed by atoms with E-state index in [-0.39, 0.29) is 42.2 Å². The van der Waals surface area contributed by atoms with E-state index in [1.165, 1.54) is 11.1 Å². The number of halogens is 2. The largest absolute Gasteiger partial charge is 0.354 e. The highest BCUT2D eigenvalue weighted by molar-refractivity contribution is 5.85. The molecule has 1 unspecified atom stereocenters. The summed E-state index contributed by atoms with van der Waals surface area (Å²) in [5, 5.41) is 6.69. The average Bonchev–Trinajstić information content (AvgIpc) is 3.33. The molecule has 1 aliphatic carbocycles. The van der Waals surface area contributed by atoms with Crippen LogP contribution in [0.25, 0.3) is 0 Å². The first-order chi connectivity index (χ1) is 12.0. The number of hydrogen-bond donors (Lipinski definition) is 2. The van der Waals surface area contributed by atoms with E-state index in [1.807, 2.05) is 0 Å². The molecule has 0 bridgehead atoms. The maximum Gasteiger partial charge on any atom is 0.223 e. The van der Waals surface area contributed by atoms with E-state index in [4.69, 9.17) is 0 Å². The van der Waals surface area contributed by atoms with Gasteiger partial charge in [0.1, 0.15) is 0 Å². The Kier molecular flexibility index (Phi) is 7.23. The number of nitrogens with one attached hydrogen (secondary N) is 2. The summed E-state index contributed by atoms with van der Waals surface area (Å²) in [5.74, 6) is 0.542. The number of piperidine rings is 1. The molecule has 0 aromatic heterocycles. The van der Waals surface area contributed by atoms with Gasteiger partial charge >= 0.3 is 0 Å². The van der Waals surface area contributed by atoms with Crippen LogP contribution in [-0.4, -0.2) is 42.5 Å². The van der Waals surface area contributed by atoms with Crippen LogP contribution >= 0.6 is 24.8 Å². The zero-order chi connectivity index (χ0) is 17.5. The molecule has 4 nitrogen and oxygen atoms in total. The maximum atomic E-state index is 12.7. The van der Waals surface area contributed by atoms with Gasteiger partial charge in [-0.1, -0.05) is 24.3 Å². The molecule has 1 saturated heterocycles. The Balaban J connectivity index is 0.00000131. The first-order valence-corrected chi connectivity index (χ1v) is 9.81. The van der Waals surface area contributed by atoms with Gasteiger partial charge in [-0.3, -0.25) is 9.69 Å². The van der Waals surface area contributed by atoms with Gasteiger partial charge < -0.3 is 10.6 Å². The van der Waals surface area contributed by atoms with Gasteiger partial charge in [0, 0.05) is 31.1 Å². The molecule has 4 rings (SSSR count). The molecule has 152 valence electrons. The van der Waals surface area contributed by atoms with Crippen molar-refractivity contribution in [3.05, 3.63) is 35.4 Å². The van der Waals surface area contributed by atoms with Crippen LogP contribution in [-0.2, 0) is 17.8 Å². The predicted octanol–water partition coefficient (Wildman–Crippen LogP) is 3.17. The molecule has 1 saturated carbocycles. The second-order valence-electron chi connectivity index (χ2n) is 8.84. The van der Waals surface area contributed by atoms with Crippen molar-refractivity contribution in [3.8, 4) is 0 Å². The number of nitrogens with zero attached hydrogens (tertiary/aromatic N) is 1. The summed E-state index contributed by atoms with van der Waals surface area (Å²) in [6, 6.07) is 8.74. The van der Waals surface area contributed by atoms with Crippen molar-refractivity contribution in [2.75, 3.05) is 26.2 Å². The van der Waals surface area contributed by atoms with Crippen molar-refractivity contribution in [2.45, 2.75) is 51.6 Å². The number of carbonyl (C=O) groups excluding carboxylic acids is 1. The topological polar surface area (TPSA) is 44.4 Å². The number of hydrogen-bond acceptors (Lipinski definition) is 3. The summed E-state index contributed by atoms with van der Waals surface area (Å²) in [7, 11) is 0. The van der Waals surface area contributed by atoms with E-state index in [2.05, 4.69) is 53.6 Å². The van der Waals surface area contributed by atoms with Gasteiger partial charge in [0.25, 0.3) is 0 Å². The number of amides is 1. The van der Waals surface area contributed by atoms with Crippen LogP contribution in [0.3, 0.4) is 0 Å². The minimum atomic E-state index is -0.0145. The Labute approximate surface area is 175 Å². The van der Waals surface area contributed by atoms with Crippen molar-refractivity contribution in [1.82, 2.24) is 15.5 Å². The highest BCUT2D eigenvalue weighted by atomic mass is 35.5. The van der Waals surface area contributed by atoms with E-state index in [0.29, 0.717) is 5.41 Å². The highest BCUT2D eigenvalue weighted by Crippen LogP contribution is 2.58. The number of fused-ring (bicyclic) bond motifs is 1. The van der Waals surface area contributed by atoms with Gasteiger partial charge in [-0.25, -0.2) is 0 Å². The van der Waals surface area contributed by atoms with Crippen molar-refractivity contribution in [1.29, 1.82) is 0 Å². The molecule has 2 heterocycles. The maximum absolute atomic E-state index is 12.7. The fourth-order valence-electron chi connectivity index (χ4n) is 4.75. The van der Waals surface area contributed by atoms with Crippen molar-refractivity contribution < 1.29 is 4.79 Å². The molecule has 1 spiro atoms. The second kappa shape index (κ2) is 8.69. The predicted molar refractivity (Wildman–Crippen MR) is 115 cm³/mol. The average molecular weight is 414 g/mol. The van der Waals surface area contributed by atoms with E-state index in [9.17, 15) is 4.79 Å². The zero-order valence-corrected chi connectivity index (χ0v) is 18.1. The molecule has 0 radical (unpaired) electrons. The molecule has 2 N–H and O–H groups in total. The molecular weight excluding hydrogens is 381 g/mol. The third kappa shape index (κ3) is 4.61. The zero-order valence-electron chi connectivity index (χ0n) is 16.4. The Bertz CT molecular complexity index is 659. The molecule has 6 heteroatoms. The van der Waals surface area contributed by atoms with Gasteiger partial charge in [-0.2, -0.15) is 0 Å². The van der Waals surface area contributed by atoms with Crippen LogP contribution in [0.4, 0.5) is 0 Å². The monoisotopic (exact) mass is 413 g/mol. The second-order valence-corrected chi connectivity index (χ2v) is 8.84. The Morgan fingerprint density at radius 2 is 1.89 bits per heavy atom. The smallest absolute Gasteiger partial charge is 0.223 e. The first kappa shape index (κ1) is 22.5. The minimum Gasteiger partial charge on any atom is -0.354 e. The Hall–Kier alpha value is -0.810. The summed E-state index contributed by atoms with van der Waals surface area (Å²) in [6.07, 6.45) is 4.53. The lowest BCUT2D eigenvalue weighted by atomic mass is 9.91. The van der Waals surface area contributed by atoms with E-state index in [1.54, 1.807) is 0 Å². The van der Waals surface area contributed by atoms with Gasteiger partial charge in [0.15, 0.2) is 0 Å². The quantitative estimate of drug-likeness (QED) is 0.796. The van der Waals surface area contributed by atoms with Gasteiger partial charge in [0.2, 0.25) is 5.91 Å². The van der Waals surface area contributed by atoms with Crippen LogP contribution in [0.1, 0.15) is 44.2 Å². The lowest BCUT2D eigenvalue weighted by Gasteiger charge is -2.41. The number of carbonyl (C=O) groups is 1. The molecule has 1 atom stereocenters. The normalized spacial score (nSPS) is 23.6. The fourth-order valence-corrected chi connectivity index (χ4v) is 4.75. The van der Waals surface area contributed by atoms with E-state index in [0.717, 1.165) is 58.4 Å². The fraction of sp³-hybridized carbons (Fsp3) is 0.667. The van der Waals surface area contributed by atoms with Gasteiger partial charge in [-0.05, 0) is 69.2 Å². The van der Waals surface area contributed by atoms with Gasteiger partial charge in [0.05, 0.1) is 0 Å². The molecule has 27 heavy (non-hydrogen) atoms. The summed E-state index contributed by atoms with van der Waals surface area (Å²) in [6.45, 7) is 9.45. The Morgan fingerprint density at radius 3 is 2.59 bits per heavy atom. The van der Waals surface area contributed by atoms with Crippen LogP contribution in [0.5, 0.6) is 0 Å². The standard InChI is InChI=1S/C21H31N3O.2ClH/c1-20(2,24-12-7-16-5-3-4-6-17(16)14-24)15-23-19(25)18-13-21(18)8-10-22-11-9-21;;/h3-6,18,22H,7-15H2,1-2H3,(H,23,25);2*1H. The lowest BCUT2D eigenvalue weighted by Crippen LogP contribution is -2.53. The molecular formula is C21H33Cl2N3O. The molecule has 3 aliphatic rings. The van der Waals surface area contributed by atoms with Crippen LogP contribution in [0, 0.1) is 11.3 Å².